The van der Waals surface area contributed by atoms with Gasteiger partial charge in [-0.3, -0.25) is 0 Å². The van der Waals surface area contributed by atoms with E-state index in [1.807, 2.05) is 31.2 Å². The average Bonchev–Trinajstić information content (AvgIpc) is 2.85. The second-order valence-electron chi connectivity index (χ2n) is 5.65. The number of rotatable bonds is 5. The van der Waals surface area contributed by atoms with Gasteiger partial charge in [0, 0.05) is 5.54 Å². The Hall–Kier alpha value is -1.81. The number of nitrogens with zero attached hydrogens (tertiary/aromatic N) is 1. The molecule has 0 radical (unpaired) electrons. The number of hydrogen-bond acceptors (Lipinski definition) is 4. The number of para-hydroxylation sites is 1. The quantitative estimate of drug-likeness (QED) is 0.904. The smallest absolute Gasteiger partial charge is 0.208 e. The van der Waals surface area contributed by atoms with Crippen molar-refractivity contribution in [3.8, 4) is 17.1 Å². The Labute approximate surface area is 120 Å². The Morgan fingerprint density at radius 3 is 2.70 bits per heavy atom. The lowest BCUT2D eigenvalue weighted by molar-refractivity contribution is 0.340. The van der Waals surface area contributed by atoms with E-state index in [1.165, 1.54) is 0 Å². The maximum Gasteiger partial charge on any atom is 0.208 e. The van der Waals surface area contributed by atoms with Crippen molar-refractivity contribution in [2.24, 2.45) is 0 Å². The third-order valence-corrected chi connectivity index (χ3v) is 2.78. The van der Waals surface area contributed by atoms with E-state index in [4.69, 9.17) is 9.15 Å². The summed E-state index contributed by atoms with van der Waals surface area (Å²) in [5, 5.41) is 3.36. The Bertz CT molecular complexity index is 556. The SMILES string of the molecule is CCOc1ccccc1-c1cnc(CNC(C)(C)C)o1. The molecule has 20 heavy (non-hydrogen) atoms. The van der Waals surface area contributed by atoms with Crippen molar-refractivity contribution in [3.63, 3.8) is 0 Å². The molecule has 0 atom stereocenters. The maximum absolute atomic E-state index is 5.80. The Morgan fingerprint density at radius 2 is 2.00 bits per heavy atom. The summed E-state index contributed by atoms with van der Waals surface area (Å²) < 4.78 is 11.4. The Balaban J connectivity index is 2.16. The molecule has 2 rings (SSSR count). The first-order valence-electron chi connectivity index (χ1n) is 6.91. The standard InChI is InChI=1S/C16H22N2O2/c1-5-19-13-9-7-6-8-12(13)14-10-17-15(20-14)11-18-16(2,3)4/h6-10,18H,5,11H2,1-4H3. The van der Waals surface area contributed by atoms with Crippen LogP contribution in [0.1, 0.15) is 33.6 Å². The molecule has 2 aromatic rings. The molecule has 108 valence electrons. The lowest BCUT2D eigenvalue weighted by atomic mass is 10.1. The molecule has 1 heterocycles. The maximum atomic E-state index is 5.80. The van der Waals surface area contributed by atoms with Gasteiger partial charge < -0.3 is 14.5 Å². The summed E-state index contributed by atoms with van der Waals surface area (Å²) in [6.45, 7) is 9.55. The Kier molecular flexibility index (Phi) is 4.45. The van der Waals surface area contributed by atoms with Crippen LogP contribution in [0.4, 0.5) is 0 Å². The van der Waals surface area contributed by atoms with Gasteiger partial charge in [0.1, 0.15) is 5.75 Å². The summed E-state index contributed by atoms with van der Waals surface area (Å²) in [5.74, 6) is 2.24. The van der Waals surface area contributed by atoms with Crippen LogP contribution in [0.5, 0.6) is 5.75 Å². The number of benzene rings is 1. The van der Waals surface area contributed by atoms with Gasteiger partial charge >= 0.3 is 0 Å². The first-order valence-corrected chi connectivity index (χ1v) is 6.91. The van der Waals surface area contributed by atoms with Crippen LogP contribution in [0.2, 0.25) is 0 Å². The zero-order valence-electron chi connectivity index (χ0n) is 12.6. The van der Waals surface area contributed by atoms with Crippen LogP contribution in [0, 0.1) is 0 Å². The fraction of sp³-hybridized carbons (Fsp3) is 0.438. The molecule has 0 aliphatic carbocycles. The summed E-state index contributed by atoms with van der Waals surface area (Å²) >= 11 is 0. The van der Waals surface area contributed by atoms with Gasteiger partial charge in [-0.25, -0.2) is 4.98 Å². The van der Waals surface area contributed by atoms with Crippen LogP contribution in [-0.4, -0.2) is 17.1 Å². The van der Waals surface area contributed by atoms with Crippen molar-refractivity contribution in [1.82, 2.24) is 10.3 Å². The van der Waals surface area contributed by atoms with Crippen molar-refractivity contribution < 1.29 is 9.15 Å². The molecule has 0 aliphatic rings. The number of ether oxygens (including phenoxy) is 1. The summed E-state index contributed by atoms with van der Waals surface area (Å²) in [7, 11) is 0. The monoisotopic (exact) mass is 274 g/mol. The third kappa shape index (κ3) is 3.84. The van der Waals surface area contributed by atoms with Gasteiger partial charge in [-0.1, -0.05) is 12.1 Å². The summed E-state index contributed by atoms with van der Waals surface area (Å²) in [6.07, 6.45) is 1.75. The van der Waals surface area contributed by atoms with Crippen LogP contribution in [0.25, 0.3) is 11.3 Å². The van der Waals surface area contributed by atoms with Crippen LogP contribution in [0.15, 0.2) is 34.9 Å². The fourth-order valence-electron chi connectivity index (χ4n) is 1.81. The Morgan fingerprint density at radius 1 is 1.25 bits per heavy atom. The molecule has 0 aliphatic heterocycles. The summed E-state index contributed by atoms with van der Waals surface area (Å²) in [5.41, 5.74) is 0.974. The predicted molar refractivity (Wildman–Crippen MR) is 79.7 cm³/mol. The second-order valence-corrected chi connectivity index (χ2v) is 5.65. The third-order valence-electron chi connectivity index (χ3n) is 2.78. The molecule has 1 aromatic heterocycles. The molecule has 0 saturated heterocycles. The number of oxazole rings is 1. The van der Waals surface area contributed by atoms with Gasteiger partial charge in [0.25, 0.3) is 0 Å². The van der Waals surface area contributed by atoms with Gasteiger partial charge in [-0.2, -0.15) is 0 Å². The van der Waals surface area contributed by atoms with Crippen molar-refractivity contribution in [2.45, 2.75) is 39.8 Å². The van der Waals surface area contributed by atoms with E-state index >= 15 is 0 Å². The zero-order chi connectivity index (χ0) is 14.6. The van der Waals surface area contributed by atoms with Crippen molar-refractivity contribution in [2.75, 3.05) is 6.61 Å². The highest BCUT2D eigenvalue weighted by Gasteiger charge is 2.13. The van der Waals surface area contributed by atoms with E-state index < -0.39 is 0 Å². The zero-order valence-corrected chi connectivity index (χ0v) is 12.6. The lowest BCUT2D eigenvalue weighted by Gasteiger charge is -2.18. The topological polar surface area (TPSA) is 47.3 Å². The summed E-state index contributed by atoms with van der Waals surface area (Å²) in [4.78, 5) is 4.31. The highest BCUT2D eigenvalue weighted by molar-refractivity contribution is 5.64. The van der Waals surface area contributed by atoms with E-state index in [2.05, 4.69) is 31.1 Å². The average molecular weight is 274 g/mol. The van der Waals surface area contributed by atoms with Crippen LogP contribution in [0.3, 0.4) is 0 Å². The van der Waals surface area contributed by atoms with Crippen LogP contribution < -0.4 is 10.1 Å². The molecular formula is C16H22N2O2. The predicted octanol–water partition coefficient (Wildman–Crippen LogP) is 3.63. The summed E-state index contributed by atoms with van der Waals surface area (Å²) in [6, 6.07) is 7.83. The second kappa shape index (κ2) is 6.09. The molecule has 1 aromatic carbocycles. The number of aromatic nitrogens is 1. The van der Waals surface area contributed by atoms with Gasteiger partial charge in [-0.15, -0.1) is 0 Å². The first kappa shape index (κ1) is 14.6. The van der Waals surface area contributed by atoms with Crippen molar-refractivity contribution >= 4 is 0 Å². The fourth-order valence-corrected chi connectivity index (χ4v) is 1.81. The number of nitrogens with one attached hydrogen (secondary N) is 1. The molecule has 0 spiro atoms. The molecule has 0 saturated carbocycles. The number of hydrogen-bond donors (Lipinski definition) is 1. The van der Waals surface area contributed by atoms with Crippen molar-refractivity contribution in [3.05, 3.63) is 36.4 Å². The van der Waals surface area contributed by atoms with Crippen LogP contribution in [-0.2, 0) is 6.54 Å². The molecule has 0 fully saturated rings. The lowest BCUT2D eigenvalue weighted by Crippen LogP contribution is -2.35. The molecule has 1 N–H and O–H groups in total. The normalized spacial score (nSPS) is 11.6. The van der Waals surface area contributed by atoms with Gasteiger partial charge in [0.05, 0.1) is 24.9 Å². The minimum absolute atomic E-state index is 0.0395. The van der Waals surface area contributed by atoms with E-state index in [-0.39, 0.29) is 5.54 Å². The molecule has 4 nitrogen and oxygen atoms in total. The molecule has 0 bridgehead atoms. The molecule has 0 unspecified atom stereocenters. The van der Waals surface area contributed by atoms with Crippen molar-refractivity contribution in [1.29, 1.82) is 0 Å². The van der Waals surface area contributed by atoms with E-state index in [1.54, 1.807) is 6.20 Å². The highest BCUT2D eigenvalue weighted by Crippen LogP contribution is 2.30. The first-order chi connectivity index (χ1) is 9.49. The van der Waals surface area contributed by atoms with E-state index in [0.717, 1.165) is 17.1 Å². The molecule has 4 heteroatoms. The van der Waals surface area contributed by atoms with E-state index in [9.17, 15) is 0 Å². The minimum atomic E-state index is 0.0395. The minimum Gasteiger partial charge on any atom is -0.493 e. The van der Waals surface area contributed by atoms with Gasteiger partial charge in [0.2, 0.25) is 5.89 Å². The van der Waals surface area contributed by atoms with Crippen LogP contribution >= 0.6 is 0 Å². The largest absolute Gasteiger partial charge is 0.493 e. The molecule has 0 amide bonds. The van der Waals surface area contributed by atoms with E-state index in [0.29, 0.717) is 19.0 Å². The van der Waals surface area contributed by atoms with Gasteiger partial charge in [-0.05, 0) is 39.8 Å². The highest BCUT2D eigenvalue weighted by atomic mass is 16.5. The van der Waals surface area contributed by atoms with Gasteiger partial charge in [0.15, 0.2) is 5.76 Å². The molecular weight excluding hydrogens is 252 g/mol.